The second kappa shape index (κ2) is 6.47. The molecule has 1 atom stereocenters. The zero-order valence-electron chi connectivity index (χ0n) is 12.1. The van der Waals surface area contributed by atoms with Gasteiger partial charge in [0.2, 0.25) is 5.95 Å². The predicted molar refractivity (Wildman–Crippen MR) is 79.2 cm³/mol. The lowest BCUT2D eigenvalue weighted by molar-refractivity contribution is 0.213. The maximum Gasteiger partial charge on any atom is 0.316 e. The average Bonchev–Trinajstić information content (AvgIpc) is 2.55. The molecule has 0 radical (unpaired) electrons. The van der Waals surface area contributed by atoms with Crippen LogP contribution in [0.15, 0.2) is 30.9 Å². The van der Waals surface area contributed by atoms with Gasteiger partial charge in [0, 0.05) is 43.8 Å². The largest absolute Gasteiger partial charge is 0.463 e. The van der Waals surface area contributed by atoms with Crippen molar-refractivity contribution in [2.24, 2.45) is 5.92 Å². The lowest BCUT2D eigenvalue weighted by Gasteiger charge is -2.32. The van der Waals surface area contributed by atoms with Gasteiger partial charge in [-0.15, -0.1) is 0 Å². The van der Waals surface area contributed by atoms with E-state index in [1.165, 1.54) is 0 Å². The molecule has 3 heterocycles. The standard InChI is InChI=1S/C15H19N5O/c1-12-8-18-15(19-9-12)21-11-13-4-2-7-20(10-13)14-16-5-3-6-17-14/h3,5-6,8-9,13H,2,4,7,10-11H2,1H3. The first kappa shape index (κ1) is 13.7. The number of hydrogen-bond donors (Lipinski definition) is 0. The van der Waals surface area contributed by atoms with E-state index < -0.39 is 0 Å². The highest BCUT2D eigenvalue weighted by molar-refractivity contribution is 5.29. The van der Waals surface area contributed by atoms with E-state index in [2.05, 4.69) is 24.8 Å². The Morgan fingerprint density at radius 3 is 2.71 bits per heavy atom. The lowest BCUT2D eigenvalue weighted by atomic mass is 9.99. The van der Waals surface area contributed by atoms with Crippen molar-refractivity contribution in [1.82, 2.24) is 19.9 Å². The van der Waals surface area contributed by atoms with Crippen LogP contribution in [0.25, 0.3) is 0 Å². The summed E-state index contributed by atoms with van der Waals surface area (Å²) in [6.45, 7) is 4.51. The summed E-state index contributed by atoms with van der Waals surface area (Å²) in [5.41, 5.74) is 1.03. The van der Waals surface area contributed by atoms with Crippen LogP contribution in [0, 0.1) is 12.8 Å². The van der Waals surface area contributed by atoms with E-state index in [0.29, 0.717) is 18.5 Å². The predicted octanol–water partition coefficient (Wildman–Crippen LogP) is 1.87. The normalized spacial score (nSPS) is 18.5. The molecule has 2 aromatic heterocycles. The third kappa shape index (κ3) is 3.65. The molecule has 6 nitrogen and oxygen atoms in total. The minimum absolute atomic E-state index is 0.451. The highest BCUT2D eigenvalue weighted by Gasteiger charge is 2.22. The first-order valence-corrected chi connectivity index (χ1v) is 7.24. The zero-order chi connectivity index (χ0) is 14.5. The number of nitrogens with zero attached hydrogens (tertiary/aromatic N) is 5. The Morgan fingerprint density at radius 1 is 1.19 bits per heavy atom. The molecule has 1 saturated heterocycles. The van der Waals surface area contributed by atoms with Crippen LogP contribution in [0.5, 0.6) is 6.01 Å². The van der Waals surface area contributed by atoms with E-state index in [0.717, 1.165) is 37.4 Å². The van der Waals surface area contributed by atoms with Crippen LogP contribution in [-0.4, -0.2) is 39.6 Å². The molecule has 0 N–H and O–H groups in total. The maximum atomic E-state index is 5.69. The van der Waals surface area contributed by atoms with Crippen LogP contribution in [0.4, 0.5) is 5.95 Å². The molecule has 0 amide bonds. The van der Waals surface area contributed by atoms with Crippen molar-refractivity contribution < 1.29 is 4.74 Å². The fourth-order valence-corrected chi connectivity index (χ4v) is 2.48. The third-order valence-electron chi connectivity index (χ3n) is 3.56. The van der Waals surface area contributed by atoms with Gasteiger partial charge in [0.25, 0.3) is 0 Å². The Labute approximate surface area is 124 Å². The van der Waals surface area contributed by atoms with Crippen LogP contribution in [0.3, 0.4) is 0 Å². The van der Waals surface area contributed by atoms with Crippen LogP contribution in [-0.2, 0) is 0 Å². The molecule has 21 heavy (non-hydrogen) atoms. The first-order chi connectivity index (χ1) is 10.3. The average molecular weight is 285 g/mol. The van der Waals surface area contributed by atoms with Crippen LogP contribution in [0.2, 0.25) is 0 Å². The van der Waals surface area contributed by atoms with E-state index in [4.69, 9.17) is 4.74 Å². The van der Waals surface area contributed by atoms with Crippen molar-refractivity contribution in [3.63, 3.8) is 0 Å². The van der Waals surface area contributed by atoms with Gasteiger partial charge in [0.05, 0.1) is 6.61 Å². The lowest BCUT2D eigenvalue weighted by Crippen LogP contribution is -2.38. The molecule has 1 fully saturated rings. The molecule has 6 heteroatoms. The molecule has 1 unspecified atom stereocenters. The van der Waals surface area contributed by atoms with Crippen LogP contribution >= 0.6 is 0 Å². The van der Waals surface area contributed by atoms with Crippen molar-refractivity contribution in [3.8, 4) is 6.01 Å². The molecule has 2 aromatic rings. The number of anilines is 1. The second-order valence-electron chi connectivity index (χ2n) is 5.36. The van der Waals surface area contributed by atoms with E-state index in [1.54, 1.807) is 24.8 Å². The SMILES string of the molecule is Cc1cnc(OCC2CCCN(c3ncccn3)C2)nc1. The molecule has 0 aromatic carbocycles. The Kier molecular flexibility index (Phi) is 4.23. The van der Waals surface area contributed by atoms with Gasteiger partial charge in [0.1, 0.15) is 0 Å². The number of piperidine rings is 1. The van der Waals surface area contributed by atoms with E-state index in [9.17, 15) is 0 Å². The number of aromatic nitrogens is 4. The molecule has 0 bridgehead atoms. The Morgan fingerprint density at radius 2 is 1.95 bits per heavy atom. The molecule has 3 rings (SSSR count). The molecular formula is C15H19N5O. The summed E-state index contributed by atoms with van der Waals surface area (Å²) in [5.74, 6) is 1.25. The van der Waals surface area contributed by atoms with Crippen molar-refractivity contribution >= 4 is 5.95 Å². The molecule has 0 spiro atoms. The topological polar surface area (TPSA) is 64.0 Å². The number of aryl methyl sites for hydroxylation is 1. The van der Waals surface area contributed by atoms with Crippen molar-refractivity contribution in [2.75, 3.05) is 24.6 Å². The summed E-state index contributed by atoms with van der Waals surface area (Å²) in [7, 11) is 0. The quantitative estimate of drug-likeness (QED) is 0.854. The number of hydrogen-bond acceptors (Lipinski definition) is 6. The minimum atomic E-state index is 0.451. The molecular weight excluding hydrogens is 266 g/mol. The van der Waals surface area contributed by atoms with Gasteiger partial charge in [-0.3, -0.25) is 0 Å². The monoisotopic (exact) mass is 285 g/mol. The van der Waals surface area contributed by atoms with Gasteiger partial charge in [-0.1, -0.05) is 0 Å². The van der Waals surface area contributed by atoms with Crippen molar-refractivity contribution in [3.05, 3.63) is 36.4 Å². The number of ether oxygens (including phenoxy) is 1. The fraction of sp³-hybridized carbons (Fsp3) is 0.467. The van der Waals surface area contributed by atoms with Gasteiger partial charge in [0.15, 0.2) is 0 Å². The summed E-state index contributed by atoms with van der Waals surface area (Å²) in [4.78, 5) is 19.2. The van der Waals surface area contributed by atoms with E-state index >= 15 is 0 Å². The fourth-order valence-electron chi connectivity index (χ4n) is 2.48. The Balaban J connectivity index is 1.55. The van der Waals surface area contributed by atoms with Crippen LogP contribution < -0.4 is 9.64 Å². The van der Waals surface area contributed by atoms with Crippen LogP contribution in [0.1, 0.15) is 18.4 Å². The first-order valence-electron chi connectivity index (χ1n) is 7.24. The van der Waals surface area contributed by atoms with Gasteiger partial charge in [-0.2, -0.15) is 0 Å². The summed E-state index contributed by atoms with van der Waals surface area (Å²) in [5, 5.41) is 0. The third-order valence-corrected chi connectivity index (χ3v) is 3.56. The van der Waals surface area contributed by atoms with Crippen molar-refractivity contribution in [1.29, 1.82) is 0 Å². The minimum Gasteiger partial charge on any atom is -0.463 e. The smallest absolute Gasteiger partial charge is 0.316 e. The van der Waals surface area contributed by atoms with Gasteiger partial charge in [-0.05, 0) is 31.4 Å². The summed E-state index contributed by atoms with van der Waals surface area (Å²) < 4.78 is 5.69. The van der Waals surface area contributed by atoms with E-state index in [-0.39, 0.29) is 0 Å². The summed E-state index contributed by atoms with van der Waals surface area (Å²) in [6, 6.07) is 2.29. The molecule has 1 aliphatic rings. The maximum absolute atomic E-state index is 5.69. The summed E-state index contributed by atoms with van der Waals surface area (Å²) in [6.07, 6.45) is 9.38. The molecule has 0 saturated carbocycles. The Hall–Kier alpha value is -2.24. The summed E-state index contributed by atoms with van der Waals surface area (Å²) >= 11 is 0. The van der Waals surface area contributed by atoms with Gasteiger partial charge >= 0.3 is 6.01 Å². The molecule has 0 aliphatic carbocycles. The van der Waals surface area contributed by atoms with E-state index in [1.807, 2.05) is 13.0 Å². The zero-order valence-corrected chi connectivity index (χ0v) is 12.1. The highest BCUT2D eigenvalue weighted by atomic mass is 16.5. The Bertz CT molecular complexity index is 560. The van der Waals surface area contributed by atoms with Gasteiger partial charge < -0.3 is 9.64 Å². The highest BCUT2D eigenvalue weighted by Crippen LogP contribution is 2.20. The van der Waals surface area contributed by atoms with Crippen molar-refractivity contribution in [2.45, 2.75) is 19.8 Å². The second-order valence-corrected chi connectivity index (χ2v) is 5.36. The van der Waals surface area contributed by atoms with Gasteiger partial charge in [-0.25, -0.2) is 19.9 Å². The molecule has 1 aliphatic heterocycles. The molecule has 110 valence electrons. The number of rotatable bonds is 4.